The minimum atomic E-state index is -0.305. The van der Waals surface area contributed by atoms with E-state index in [1.165, 1.54) is 51.6 Å². The molecule has 0 N–H and O–H groups in total. The molecule has 124 valence electrons. The Hall–Kier alpha value is -0.380. The molecule has 2 aliphatic carbocycles. The van der Waals surface area contributed by atoms with Crippen LogP contribution in [0.1, 0.15) is 51.9 Å². The standard InChI is InChI=1S/C19H31NO2/c1-15-13-17-7-6-16-5-3-9-20(2)10-4-8-18(16,17)19(14-15)21-11-12-22-19/h6,15,17H,3-5,7-14H2,1-2H3/t15-,17-,18-/m1/s1. The summed E-state index contributed by atoms with van der Waals surface area (Å²) in [6.45, 7) is 6.40. The van der Waals surface area contributed by atoms with E-state index in [0.29, 0.717) is 0 Å². The second-order valence-corrected chi connectivity index (χ2v) is 8.14. The van der Waals surface area contributed by atoms with Gasteiger partial charge in [0.2, 0.25) is 0 Å². The number of nitrogens with zero attached hydrogens (tertiary/aromatic N) is 1. The average molecular weight is 305 g/mol. The molecule has 0 unspecified atom stereocenters. The maximum absolute atomic E-state index is 6.41. The van der Waals surface area contributed by atoms with Crippen LogP contribution in [0.4, 0.5) is 0 Å². The van der Waals surface area contributed by atoms with Gasteiger partial charge in [-0.25, -0.2) is 0 Å². The lowest BCUT2D eigenvalue weighted by Gasteiger charge is -2.55. The molecule has 1 saturated carbocycles. The van der Waals surface area contributed by atoms with Crippen molar-refractivity contribution in [1.29, 1.82) is 0 Å². The summed E-state index contributed by atoms with van der Waals surface area (Å²) in [4.78, 5) is 2.50. The molecule has 0 radical (unpaired) electrons. The van der Waals surface area contributed by atoms with E-state index in [-0.39, 0.29) is 11.2 Å². The molecule has 2 aliphatic heterocycles. The van der Waals surface area contributed by atoms with Gasteiger partial charge in [0.1, 0.15) is 0 Å². The van der Waals surface area contributed by atoms with Crippen molar-refractivity contribution in [3.05, 3.63) is 11.6 Å². The van der Waals surface area contributed by atoms with Crippen LogP contribution < -0.4 is 0 Å². The van der Waals surface area contributed by atoms with Crippen LogP contribution in [-0.4, -0.2) is 44.0 Å². The number of ether oxygens (including phenoxy) is 2. The third-order valence-corrected chi connectivity index (χ3v) is 6.75. The average Bonchev–Trinajstić information content (AvgIpc) is 3.07. The van der Waals surface area contributed by atoms with Crippen LogP contribution >= 0.6 is 0 Å². The molecule has 0 aromatic rings. The molecule has 4 aliphatic rings. The van der Waals surface area contributed by atoms with E-state index in [1.807, 2.05) is 0 Å². The lowest BCUT2D eigenvalue weighted by Crippen LogP contribution is -2.57. The zero-order valence-electron chi connectivity index (χ0n) is 14.3. The lowest BCUT2D eigenvalue weighted by atomic mass is 9.56. The van der Waals surface area contributed by atoms with Gasteiger partial charge in [0.25, 0.3) is 0 Å². The zero-order chi connectivity index (χ0) is 15.2. The van der Waals surface area contributed by atoms with Crippen molar-refractivity contribution < 1.29 is 9.47 Å². The number of allylic oxidation sites excluding steroid dienone is 1. The van der Waals surface area contributed by atoms with Crippen molar-refractivity contribution in [2.24, 2.45) is 17.3 Å². The van der Waals surface area contributed by atoms with Crippen LogP contribution in [0.5, 0.6) is 0 Å². The smallest absolute Gasteiger partial charge is 0.178 e. The van der Waals surface area contributed by atoms with E-state index in [1.54, 1.807) is 5.57 Å². The Morgan fingerprint density at radius 3 is 2.77 bits per heavy atom. The summed E-state index contributed by atoms with van der Waals surface area (Å²) >= 11 is 0. The largest absolute Gasteiger partial charge is 0.347 e. The van der Waals surface area contributed by atoms with Crippen molar-refractivity contribution in [2.75, 3.05) is 33.4 Å². The van der Waals surface area contributed by atoms with E-state index in [4.69, 9.17) is 9.47 Å². The van der Waals surface area contributed by atoms with E-state index in [9.17, 15) is 0 Å². The molecular formula is C19H31NO2. The molecule has 0 bridgehead atoms. The molecule has 2 saturated heterocycles. The molecule has 3 atom stereocenters. The van der Waals surface area contributed by atoms with Crippen molar-refractivity contribution >= 4 is 0 Å². The van der Waals surface area contributed by atoms with Crippen LogP contribution in [-0.2, 0) is 9.47 Å². The fraction of sp³-hybridized carbons (Fsp3) is 0.895. The van der Waals surface area contributed by atoms with Gasteiger partial charge in [0.15, 0.2) is 5.79 Å². The Labute approximate surface area is 135 Å². The topological polar surface area (TPSA) is 21.7 Å². The first kappa shape index (κ1) is 15.2. The highest BCUT2D eigenvalue weighted by Gasteiger charge is 2.64. The second-order valence-electron chi connectivity index (χ2n) is 8.14. The fourth-order valence-electron chi connectivity index (χ4n) is 5.98. The molecule has 22 heavy (non-hydrogen) atoms. The Bertz CT molecular complexity index is 454. The SMILES string of the molecule is C[C@@H]1C[C@H]2CC=C3CCCN(C)CCC[C@@]32C2(C1)OCCO2. The second kappa shape index (κ2) is 5.61. The van der Waals surface area contributed by atoms with E-state index >= 15 is 0 Å². The summed E-state index contributed by atoms with van der Waals surface area (Å²) in [7, 11) is 2.27. The Kier molecular flexibility index (Phi) is 3.87. The minimum absolute atomic E-state index is 0.182. The number of hydrogen-bond donors (Lipinski definition) is 0. The Morgan fingerprint density at radius 2 is 1.95 bits per heavy atom. The molecule has 2 spiro atoms. The van der Waals surface area contributed by atoms with Gasteiger partial charge in [-0.2, -0.15) is 0 Å². The molecule has 0 amide bonds. The molecule has 3 nitrogen and oxygen atoms in total. The van der Waals surface area contributed by atoms with Crippen molar-refractivity contribution in [2.45, 2.75) is 57.7 Å². The maximum Gasteiger partial charge on any atom is 0.178 e. The first-order chi connectivity index (χ1) is 10.7. The quantitative estimate of drug-likeness (QED) is 0.638. The summed E-state index contributed by atoms with van der Waals surface area (Å²) in [6, 6.07) is 0. The summed E-state index contributed by atoms with van der Waals surface area (Å²) in [5, 5.41) is 0. The molecule has 3 fully saturated rings. The monoisotopic (exact) mass is 305 g/mol. The van der Waals surface area contributed by atoms with E-state index in [0.717, 1.165) is 31.5 Å². The van der Waals surface area contributed by atoms with Crippen molar-refractivity contribution in [3.8, 4) is 0 Å². The van der Waals surface area contributed by atoms with Gasteiger partial charge in [0, 0.05) is 11.8 Å². The van der Waals surface area contributed by atoms with Crippen LogP contribution in [0.15, 0.2) is 11.6 Å². The summed E-state index contributed by atoms with van der Waals surface area (Å²) in [5.41, 5.74) is 1.86. The van der Waals surface area contributed by atoms with Gasteiger partial charge < -0.3 is 14.4 Å². The van der Waals surface area contributed by atoms with Crippen LogP contribution in [0.2, 0.25) is 0 Å². The predicted octanol–water partition coefficient (Wildman–Crippen LogP) is 3.60. The molecule has 4 rings (SSSR count). The Balaban J connectivity index is 1.74. The van der Waals surface area contributed by atoms with Gasteiger partial charge >= 0.3 is 0 Å². The highest BCUT2D eigenvalue weighted by Crippen LogP contribution is 2.64. The van der Waals surface area contributed by atoms with Crippen LogP contribution in [0, 0.1) is 17.3 Å². The lowest BCUT2D eigenvalue weighted by molar-refractivity contribution is -0.268. The molecular weight excluding hydrogens is 274 g/mol. The number of rotatable bonds is 0. The van der Waals surface area contributed by atoms with Gasteiger partial charge in [-0.05, 0) is 70.5 Å². The molecule has 3 heteroatoms. The van der Waals surface area contributed by atoms with Crippen molar-refractivity contribution in [1.82, 2.24) is 4.90 Å². The summed E-state index contributed by atoms with van der Waals surface area (Å²) in [6.07, 6.45) is 11.3. The first-order valence-corrected chi connectivity index (χ1v) is 9.32. The maximum atomic E-state index is 6.41. The first-order valence-electron chi connectivity index (χ1n) is 9.32. The van der Waals surface area contributed by atoms with Gasteiger partial charge in [-0.15, -0.1) is 0 Å². The summed E-state index contributed by atoms with van der Waals surface area (Å²) in [5.74, 6) is 1.16. The fourth-order valence-corrected chi connectivity index (χ4v) is 5.98. The van der Waals surface area contributed by atoms with Crippen LogP contribution in [0.25, 0.3) is 0 Å². The van der Waals surface area contributed by atoms with E-state index in [2.05, 4.69) is 24.9 Å². The molecule has 2 heterocycles. The van der Waals surface area contributed by atoms with Gasteiger partial charge in [-0.3, -0.25) is 0 Å². The van der Waals surface area contributed by atoms with Crippen LogP contribution in [0.3, 0.4) is 0 Å². The highest BCUT2D eigenvalue weighted by atomic mass is 16.7. The van der Waals surface area contributed by atoms with Gasteiger partial charge in [0.05, 0.1) is 13.2 Å². The minimum Gasteiger partial charge on any atom is -0.347 e. The predicted molar refractivity (Wildman–Crippen MR) is 87.6 cm³/mol. The molecule has 0 aromatic carbocycles. The third-order valence-electron chi connectivity index (χ3n) is 6.75. The molecule has 0 aromatic heterocycles. The number of hydrogen-bond acceptors (Lipinski definition) is 3. The summed E-state index contributed by atoms with van der Waals surface area (Å²) < 4.78 is 12.8. The van der Waals surface area contributed by atoms with Gasteiger partial charge in [-0.1, -0.05) is 18.6 Å². The normalized spacial score (nSPS) is 42.2. The van der Waals surface area contributed by atoms with Crippen molar-refractivity contribution in [3.63, 3.8) is 0 Å². The zero-order valence-corrected chi connectivity index (χ0v) is 14.3. The Morgan fingerprint density at radius 1 is 1.18 bits per heavy atom. The highest BCUT2D eigenvalue weighted by molar-refractivity contribution is 5.30. The third kappa shape index (κ3) is 2.12. The van der Waals surface area contributed by atoms with E-state index < -0.39 is 0 Å².